The van der Waals surface area contributed by atoms with E-state index < -0.39 is 0 Å². The summed E-state index contributed by atoms with van der Waals surface area (Å²) in [6.45, 7) is 0. The zero-order chi connectivity index (χ0) is 9.80. The Morgan fingerprint density at radius 3 is 2.79 bits per heavy atom. The van der Waals surface area contributed by atoms with Crippen LogP contribution in [0.3, 0.4) is 0 Å². The number of nitriles is 1. The van der Waals surface area contributed by atoms with Gasteiger partial charge >= 0.3 is 0 Å². The predicted octanol–water partition coefficient (Wildman–Crippen LogP) is 1.96. The number of aromatic nitrogens is 3. The second-order valence-electron chi connectivity index (χ2n) is 2.25. The summed E-state index contributed by atoms with van der Waals surface area (Å²) in [7, 11) is 0. The van der Waals surface area contributed by atoms with Gasteiger partial charge in [0.15, 0.2) is 10.0 Å². The van der Waals surface area contributed by atoms with Crippen molar-refractivity contribution in [1.82, 2.24) is 15.0 Å². The van der Waals surface area contributed by atoms with E-state index >= 15 is 0 Å². The fourth-order valence-electron chi connectivity index (χ4n) is 0.777. The van der Waals surface area contributed by atoms with Crippen molar-refractivity contribution in [2.75, 3.05) is 0 Å². The van der Waals surface area contributed by atoms with Crippen LogP contribution in [0, 0.1) is 11.3 Å². The quantitative estimate of drug-likeness (QED) is 0.774. The highest BCUT2D eigenvalue weighted by Crippen LogP contribution is 2.26. The molecule has 2 aromatic heterocycles. The van der Waals surface area contributed by atoms with Gasteiger partial charge in [-0.2, -0.15) is 5.26 Å². The zero-order valence-electron chi connectivity index (χ0n) is 6.91. The first kappa shape index (κ1) is 9.12. The van der Waals surface area contributed by atoms with Crippen LogP contribution in [0.25, 0.3) is 0 Å². The average Bonchev–Trinajstić information content (AvgIpc) is 2.72. The van der Waals surface area contributed by atoms with E-state index in [1.54, 1.807) is 23.7 Å². The Balaban J connectivity index is 2.15. The second kappa shape index (κ2) is 4.17. The van der Waals surface area contributed by atoms with Gasteiger partial charge in [-0.25, -0.2) is 15.0 Å². The van der Waals surface area contributed by atoms with Crippen LogP contribution >= 0.6 is 23.1 Å². The van der Waals surface area contributed by atoms with E-state index in [2.05, 4.69) is 15.0 Å². The van der Waals surface area contributed by atoms with Crippen molar-refractivity contribution in [3.8, 4) is 6.07 Å². The molecule has 68 valence electrons. The normalized spacial score (nSPS) is 9.64. The number of hydrogen-bond acceptors (Lipinski definition) is 6. The number of thiazole rings is 1. The first-order valence-corrected chi connectivity index (χ1v) is 5.37. The highest BCUT2D eigenvalue weighted by molar-refractivity contribution is 8.00. The van der Waals surface area contributed by atoms with Gasteiger partial charge in [0.2, 0.25) is 0 Å². The van der Waals surface area contributed by atoms with E-state index in [0.717, 1.165) is 9.37 Å². The van der Waals surface area contributed by atoms with Crippen molar-refractivity contribution in [2.45, 2.75) is 9.37 Å². The molecule has 0 amide bonds. The molecule has 0 aromatic carbocycles. The highest BCUT2D eigenvalue weighted by atomic mass is 32.2. The molecule has 2 rings (SSSR count). The summed E-state index contributed by atoms with van der Waals surface area (Å²) in [6.07, 6.45) is 4.77. The molecule has 0 aliphatic heterocycles. The maximum atomic E-state index is 8.52. The molecule has 0 aliphatic rings. The van der Waals surface area contributed by atoms with Gasteiger partial charge in [0, 0.05) is 11.6 Å². The number of hydrogen-bond donors (Lipinski definition) is 0. The number of nitrogens with zero attached hydrogens (tertiary/aromatic N) is 4. The molecule has 6 heteroatoms. The third-order valence-corrected chi connectivity index (χ3v) is 3.15. The Morgan fingerprint density at radius 1 is 1.29 bits per heavy atom. The fourth-order valence-corrected chi connectivity index (χ4v) is 2.26. The van der Waals surface area contributed by atoms with E-state index in [-0.39, 0.29) is 0 Å². The smallest absolute Gasteiger partial charge is 0.158 e. The molecule has 0 saturated carbocycles. The van der Waals surface area contributed by atoms with Gasteiger partial charge in [-0.3, -0.25) is 0 Å². The third-order valence-electron chi connectivity index (χ3n) is 1.34. The van der Waals surface area contributed by atoms with Crippen LogP contribution in [0.15, 0.2) is 33.3 Å². The van der Waals surface area contributed by atoms with Crippen LogP contribution in [0.2, 0.25) is 0 Å². The lowest BCUT2D eigenvalue weighted by atomic mass is 10.5. The van der Waals surface area contributed by atoms with Crippen LogP contribution in [0.5, 0.6) is 0 Å². The van der Waals surface area contributed by atoms with E-state index in [4.69, 9.17) is 5.26 Å². The molecular weight excluding hydrogens is 216 g/mol. The third kappa shape index (κ3) is 2.07. The Morgan fingerprint density at radius 2 is 2.21 bits per heavy atom. The summed E-state index contributed by atoms with van der Waals surface area (Å²) in [6, 6.07) is 1.92. The van der Waals surface area contributed by atoms with Crippen molar-refractivity contribution < 1.29 is 0 Å². The van der Waals surface area contributed by atoms with Gasteiger partial charge in [0.25, 0.3) is 0 Å². The Bertz CT molecular complexity index is 443. The minimum absolute atomic E-state index is 0.327. The van der Waals surface area contributed by atoms with Gasteiger partial charge in [-0.15, -0.1) is 11.3 Å². The summed E-state index contributed by atoms with van der Waals surface area (Å²) in [5, 5.41) is 11.2. The summed E-state index contributed by atoms with van der Waals surface area (Å²) in [5.74, 6) is 0. The molecule has 0 radical (unpaired) electrons. The van der Waals surface area contributed by atoms with Crippen molar-refractivity contribution in [3.63, 3.8) is 0 Å². The van der Waals surface area contributed by atoms with Crippen molar-refractivity contribution in [3.05, 3.63) is 29.7 Å². The summed E-state index contributed by atoms with van der Waals surface area (Å²) in [4.78, 5) is 12.1. The molecule has 0 bridgehead atoms. The first-order valence-electron chi connectivity index (χ1n) is 3.68. The average molecular weight is 220 g/mol. The van der Waals surface area contributed by atoms with Gasteiger partial charge in [0.05, 0.1) is 12.4 Å². The minimum Gasteiger partial charge on any atom is -0.245 e. The molecule has 4 nitrogen and oxygen atoms in total. The maximum absolute atomic E-state index is 8.52. The van der Waals surface area contributed by atoms with Crippen molar-refractivity contribution in [2.24, 2.45) is 0 Å². The molecule has 14 heavy (non-hydrogen) atoms. The fraction of sp³-hybridized carbons (Fsp3) is 0. The van der Waals surface area contributed by atoms with E-state index in [0.29, 0.717) is 5.69 Å². The van der Waals surface area contributed by atoms with Crippen LogP contribution in [0.4, 0.5) is 0 Å². The summed E-state index contributed by atoms with van der Waals surface area (Å²) < 4.78 is 0.920. The predicted molar refractivity (Wildman–Crippen MR) is 53.0 cm³/mol. The maximum Gasteiger partial charge on any atom is 0.158 e. The summed E-state index contributed by atoms with van der Waals surface area (Å²) in [5.41, 5.74) is 0.327. The summed E-state index contributed by atoms with van der Waals surface area (Å²) >= 11 is 2.98. The largest absolute Gasteiger partial charge is 0.245 e. The molecule has 0 atom stereocenters. The monoisotopic (exact) mass is 220 g/mol. The van der Waals surface area contributed by atoms with Crippen LogP contribution in [-0.4, -0.2) is 15.0 Å². The van der Waals surface area contributed by atoms with Gasteiger partial charge in [-0.05, 0) is 11.8 Å². The number of rotatable bonds is 2. The van der Waals surface area contributed by atoms with Gasteiger partial charge in [0.1, 0.15) is 11.1 Å². The van der Waals surface area contributed by atoms with Gasteiger partial charge in [-0.1, -0.05) is 0 Å². The topological polar surface area (TPSA) is 62.5 Å². The first-order chi connectivity index (χ1) is 6.88. The van der Waals surface area contributed by atoms with E-state index in [9.17, 15) is 0 Å². The molecule has 0 fully saturated rings. The molecule has 0 aliphatic carbocycles. The lowest BCUT2D eigenvalue weighted by Crippen LogP contribution is -1.86. The highest BCUT2D eigenvalue weighted by Gasteiger charge is 2.01. The van der Waals surface area contributed by atoms with E-state index in [1.165, 1.54) is 18.0 Å². The van der Waals surface area contributed by atoms with Crippen LogP contribution < -0.4 is 0 Å². The molecule has 2 aromatic rings. The van der Waals surface area contributed by atoms with Crippen molar-refractivity contribution >= 4 is 23.1 Å². The minimum atomic E-state index is 0.327. The Kier molecular flexibility index (Phi) is 2.72. The zero-order valence-corrected chi connectivity index (χ0v) is 8.55. The van der Waals surface area contributed by atoms with Crippen LogP contribution in [-0.2, 0) is 0 Å². The molecule has 2 heterocycles. The molecule has 0 unspecified atom stereocenters. The SMILES string of the molecule is N#Cc1cnc(Sc2nccs2)cn1. The Hall–Kier alpha value is -1.45. The van der Waals surface area contributed by atoms with Crippen LogP contribution in [0.1, 0.15) is 5.69 Å². The molecule has 0 N–H and O–H groups in total. The lowest BCUT2D eigenvalue weighted by molar-refractivity contribution is 1.03. The van der Waals surface area contributed by atoms with Gasteiger partial charge < -0.3 is 0 Å². The lowest BCUT2D eigenvalue weighted by Gasteiger charge is -1.94. The standard InChI is InChI=1S/C8H4N4S2/c9-3-6-4-12-7(5-11-6)14-8-10-1-2-13-8/h1-2,4-5H. The molecule has 0 saturated heterocycles. The Labute approximate surface area is 88.7 Å². The second-order valence-corrected chi connectivity index (χ2v) is 4.41. The van der Waals surface area contributed by atoms with E-state index in [1.807, 2.05) is 11.4 Å². The molecular formula is C8H4N4S2. The molecule has 0 spiro atoms. The van der Waals surface area contributed by atoms with Crippen molar-refractivity contribution in [1.29, 1.82) is 5.26 Å².